The van der Waals surface area contributed by atoms with Crippen LogP contribution in [-0.2, 0) is 7.05 Å². The first-order valence-corrected chi connectivity index (χ1v) is 4.53. The third-order valence-electron chi connectivity index (χ3n) is 1.54. The van der Waals surface area contributed by atoms with Crippen molar-refractivity contribution in [3.8, 4) is 11.5 Å². The molecule has 0 aliphatic rings. The highest BCUT2D eigenvalue weighted by Gasteiger charge is 2.13. The van der Waals surface area contributed by atoms with Crippen LogP contribution in [0.5, 0.6) is 0 Å². The quantitative estimate of drug-likeness (QED) is 0.780. The number of nitrogens with zero attached hydrogens (tertiary/aromatic N) is 4. The second-order valence-corrected chi connectivity index (χ2v) is 3.44. The Balaban J connectivity index is 2.52. The van der Waals surface area contributed by atoms with Gasteiger partial charge in [-0.15, -0.1) is 5.10 Å². The van der Waals surface area contributed by atoms with E-state index in [4.69, 9.17) is 10.2 Å². The van der Waals surface area contributed by atoms with Crippen molar-refractivity contribution in [1.82, 2.24) is 20.0 Å². The second kappa shape index (κ2) is 2.98. The van der Waals surface area contributed by atoms with E-state index in [1.54, 1.807) is 10.9 Å². The van der Waals surface area contributed by atoms with E-state index in [2.05, 4.69) is 37.9 Å². The van der Waals surface area contributed by atoms with E-state index in [1.807, 2.05) is 7.05 Å². The minimum atomic E-state index is 0.0645. The van der Waals surface area contributed by atoms with Gasteiger partial charge >= 0.3 is 6.01 Å². The average Bonchev–Trinajstić information content (AvgIpc) is 2.62. The van der Waals surface area contributed by atoms with E-state index in [1.165, 1.54) is 0 Å². The lowest BCUT2D eigenvalue weighted by atomic mass is 10.4. The van der Waals surface area contributed by atoms with Crippen molar-refractivity contribution in [2.75, 3.05) is 5.73 Å². The lowest BCUT2D eigenvalue weighted by Gasteiger charge is -1.91. The van der Waals surface area contributed by atoms with Crippen molar-refractivity contribution >= 4 is 28.6 Å². The van der Waals surface area contributed by atoms with E-state index in [-0.39, 0.29) is 6.01 Å². The van der Waals surface area contributed by atoms with E-state index < -0.39 is 0 Å². The summed E-state index contributed by atoms with van der Waals surface area (Å²) in [4.78, 5) is 0. The van der Waals surface area contributed by atoms with Crippen LogP contribution in [0.2, 0.25) is 0 Å². The summed E-state index contributed by atoms with van der Waals surface area (Å²) < 4.78 is 7.71. The zero-order chi connectivity index (χ0) is 9.42. The zero-order valence-electron chi connectivity index (χ0n) is 6.73. The van der Waals surface area contributed by atoms with Gasteiger partial charge in [-0.3, -0.25) is 4.68 Å². The molecular formula is C6H6IN5O. The minimum absolute atomic E-state index is 0.0645. The predicted molar refractivity (Wildman–Crippen MR) is 53.6 cm³/mol. The summed E-state index contributed by atoms with van der Waals surface area (Å²) in [7, 11) is 1.84. The number of nitrogen functional groups attached to an aromatic ring is 1. The van der Waals surface area contributed by atoms with Gasteiger partial charge < -0.3 is 10.2 Å². The smallest absolute Gasteiger partial charge is 0.313 e. The van der Waals surface area contributed by atoms with Gasteiger partial charge in [0.15, 0.2) is 0 Å². The van der Waals surface area contributed by atoms with E-state index >= 15 is 0 Å². The van der Waals surface area contributed by atoms with E-state index in [9.17, 15) is 0 Å². The Morgan fingerprint density at radius 1 is 1.54 bits per heavy atom. The molecule has 0 saturated carbocycles. The first kappa shape index (κ1) is 8.48. The summed E-state index contributed by atoms with van der Waals surface area (Å²) in [6.45, 7) is 0. The zero-order valence-corrected chi connectivity index (χ0v) is 8.89. The Labute approximate surface area is 87.3 Å². The molecule has 0 saturated heterocycles. The van der Waals surface area contributed by atoms with Crippen molar-refractivity contribution in [3.05, 3.63) is 9.90 Å². The predicted octanol–water partition coefficient (Wildman–Crippen LogP) is 0.657. The van der Waals surface area contributed by atoms with Crippen LogP contribution in [0.15, 0.2) is 10.6 Å². The maximum atomic E-state index is 5.30. The number of aryl methyl sites for hydroxylation is 1. The molecule has 7 heteroatoms. The molecule has 0 amide bonds. The fraction of sp³-hybridized carbons (Fsp3) is 0.167. The van der Waals surface area contributed by atoms with Crippen molar-refractivity contribution in [2.24, 2.45) is 7.05 Å². The van der Waals surface area contributed by atoms with Crippen molar-refractivity contribution in [3.63, 3.8) is 0 Å². The van der Waals surface area contributed by atoms with Crippen LogP contribution in [-0.4, -0.2) is 20.0 Å². The molecule has 0 fully saturated rings. The first-order chi connectivity index (χ1) is 6.18. The van der Waals surface area contributed by atoms with Crippen LogP contribution >= 0.6 is 22.6 Å². The highest BCUT2D eigenvalue weighted by molar-refractivity contribution is 14.1. The minimum Gasteiger partial charge on any atom is -0.403 e. The molecule has 68 valence electrons. The Morgan fingerprint density at radius 2 is 2.31 bits per heavy atom. The van der Waals surface area contributed by atoms with Crippen molar-refractivity contribution < 1.29 is 4.42 Å². The van der Waals surface area contributed by atoms with Gasteiger partial charge in [-0.25, -0.2) is 0 Å². The molecule has 0 aromatic carbocycles. The van der Waals surface area contributed by atoms with Gasteiger partial charge in [0.2, 0.25) is 0 Å². The fourth-order valence-electron chi connectivity index (χ4n) is 0.909. The summed E-state index contributed by atoms with van der Waals surface area (Å²) in [5.74, 6) is 0.398. The van der Waals surface area contributed by atoms with Crippen LogP contribution in [0.3, 0.4) is 0 Å². The number of halogens is 1. The number of hydrogen-bond acceptors (Lipinski definition) is 5. The van der Waals surface area contributed by atoms with Gasteiger partial charge in [-0.05, 0) is 22.6 Å². The molecule has 13 heavy (non-hydrogen) atoms. The van der Waals surface area contributed by atoms with Gasteiger partial charge in [0, 0.05) is 7.05 Å². The molecule has 0 unspecified atom stereocenters. The molecule has 0 aliphatic heterocycles. The topological polar surface area (TPSA) is 82.8 Å². The Kier molecular flexibility index (Phi) is 1.94. The van der Waals surface area contributed by atoms with Crippen molar-refractivity contribution in [1.29, 1.82) is 0 Å². The molecule has 0 aliphatic carbocycles. The van der Waals surface area contributed by atoms with Gasteiger partial charge in [0.1, 0.15) is 3.70 Å². The lowest BCUT2D eigenvalue weighted by Crippen LogP contribution is -1.92. The molecular weight excluding hydrogens is 285 g/mol. The molecule has 0 bridgehead atoms. The van der Waals surface area contributed by atoms with Crippen LogP contribution in [0.4, 0.5) is 6.01 Å². The van der Waals surface area contributed by atoms with Crippen LogP contribution in [0.25, 0.3) is 11.5 Å². The Bertz CT molecular complexity index is 434. The van der Waals surface area contributed by atoms with Gasteiger partial charge in [-0.2, -0.15) is 5.10 Å². The van der Waals surface area contributed by atoms with Crippen LogP contribution in [0.1, 0.15) is 0 Å². The monoisotopic (exact) mass is 291 g/mol. The first-order valence-electron chi connectivity index (χ1n) is 3.45. The molecule has 2 aromatic rings. The third-order valence-corrected chi connectivity index (χ3v) is 2.82. The molecule has 2 rings (SSSR count). The maximum Gasteiger partial charge on any atom is 0.313 e. The normalized spacial score (nSPS) is 10.6. The average molecular weight is 291 g/mol. The summed E-state index contributed by atoms with van der Waals surface area (Å²) in [6, 6.07) is 0.0645. The highest BCUT2D eigenvalue weighted by atomic mass is 127. The summed E-state index contributed by atoms with van der Waals surface area (Å²) >= 11 is 2.14. The van der Waals surface area contributed by atoms with Crippen LogP contribution in [0, 0.1) is 3.70 Å². The maximum absolute atomic E-state index is 5.30. The standard InChI is InChI=1S/C6H6IN5O/c1-12-4(7)3(2-9-12)5-10-11-6(8)13-5/h2H,1H3,(H2,8,11). The van der Waals surface area contributed by atoms with Crippen LogP contribution < -0.4 is 5.73 Å². The Morgan fingerprint density at radius 3 is 2.77 bits per heavy atom. The fourth-order valence-corrected chi connectivity index (χ4v) is 1.40. The summed E-state index contributed by atoms with van der Waals surface area (Å²) in [5, 5.41) is 11.4. The molecule has 0 radical (unpaired) electrons. The highest BCUT2D eigenvalue weighted by Crippen LogP contribution is 2.23. The van der Waals surface area contributed by atoms with E-state index in [0.29, 0.717) is 5.89 Å². The number of nitrogens with two attached hydrogens (primary N) is 1. The second-order valence-electron chi connectivity index (χ2n) is 2.42. The molecule has 0 spiro atoms. The molecule has 2 heterocycles. The largest absolute Gasteiger partial charge is 0.403 e. The molecule has 2 aromatic heterocycles. The Hall–Kier alpha value is -1.12. The number of aromatic nitrogens is 4. The number of rotatable bonds is 1. The third kappa shape index (κ3) is 1.39. The molecule has 2 N–H and O–H groups in total. The SMILES string of the molecule is Cn1ncc(-c2nnc(N)o2)c1I. The molecule has 6 nitrogen and oxygen atoms in total. The summed E-state index contributed by atoms with van der Waals surface area (Å²) in [6.07, 6.45) is 1.66. The molecule has 0 atom stereocenters. The summed E-state index contributed by atoms with van der Waals surface area (Å²) in [5.41, 5.74) is 6.10. The number of anilines is 1. The number of hydrogen-bond donors (Lipinski definition) is 1. The van der Waals surface area contributed by atoms with Gasteiger partial charge in [0.05, 0.1) is 11.8 Å². The van der Waals surface area contributed by atoms with E-state index in [0.717, 1.165) is 9.26 Å². The van der Waals surface area contributed by atoms with Gasteiger partial charge in [-0.1, -0.05) is 5.10 Å². The van der Waals surface area contributed by atoms with Crippen molar-refractivity contribution in [2.45, 2.75) is 0 Å². The van der Waals surface area contributed by atoms with Gasteiger partial charge in [0.25, 0.3) is 5.89 Å². The lowest BCUT2D eigenvalue weighted by molar-refractivity contribution is 0.589.